The molecule has 3 rings (SSSR count). The summed E-state index contributed by atoms with van der Waals surface area (Å²) in [6.45, 7) is 3.04. The van der Waals surface area contributed by atoms with Gasteiger partial charge in [0, 0.05) is 10.5 Å². The highest BCUT2D eigenvalue weighted by Gasteiger charge is 2.43. The van der Waals surface area contributed by atoms with Crippen molar-refractivity contribution in [1.82, 2.24) is 4.90 Å². The normalized spacial score (nSPS) is 27.5. The lowest BCUT2D eigenvalue weighted by Crippen LogP contribution is -2.52. The molecule has 1 saturated carbocycles. The maximum Gasteiger partial charge on any atom is 0.192 e. The highest BCUT2D eigenvalue weighted by atomic mass is 79.9. The standard InChI is InChI=1S/C17H24BrN3/c1-17(13-8-10-14(18)11-9-13)12-20-16(19)21(17)15-6-4-2-3-5-7-15/h8-11,15H,2-7,12H2,1H3,(H2,19,20). The van der Waals surface area contributed by atoms with Gasteiger partial charge in [-0.2, -0.15) is 0 Å². The number of nitrogens with zero attached hydrogens (tertiary/aromatic N) is 2. The third kappa shape index (κ3) is 2.83. The molecule has 21 heavy (non-hydrogen) atoms. The van der Waals surface area contributed by atoms with Crippen molar-refractivity contribution < 1.29 is 0 Å². The average Bonchev–Trinajstić information content (AvgIpc) is 2.68. The molecule has 1 heterocycles. The summed E-state index contributed by atoms with van der Waals surface area (Å²) in [7, 11) is 0. The van der Waals surface area contributed by atoms with E-state index in [4.69, 9.17) is 5.73 Å². The van der Waals surface area contributed by atoms with E-state index in [-0.39, 0.29) is 5.54 Å². The summed E-state index contributed by atoms with van der Waals surface area (Å²) < 4.78 is 1.11. The third-order valence-electron chi connectivity index (χ3n) is 4.98. The van der Waals surface area contributed by atoms with Crippen LogP contribution in [0, 0.1) is 0 Å². The van der Waals surface area contributed by atoms with Gasteiger partial charge >= 0.3 is 0 Å². The summed E-state index contributed by atoms with van der Waals surface area (Å²) in [5.74, 6) is 0.729. The second-order valence-corrected chi connectivity index (χ2v) is 7.39. The monoisotopic (exact) mass is 349 g/mol. The Morgan fingerprint density at radius 2 is 1.76 bits per heavy atom. The summed E-state index contributed by atoms with van der Waals surface area (Å²) in [6.07, 6.45) is 7.81. The van der Waals surface area contributed by atoms with Crippen LogP contribution in [0.2, 0.25) is 0 Å². The van der Waals surface area contributed by atoms with E-state index >= 15 is 0 Å². The summed E-state index contributed by atoms with van der Waals surface area (Å²) in [5.41, 5.74) is 7.48. The topological polar surface area (TPSA) is 41.6 Å². The number of halogens is 1. The number of nitrogens with two attached hydrogens (primary N) is 1. The van der Waals surface area contributed by atoms with E-state index in [2.05, 4.69) is 57.0 Å². The molecule has 114 valence electrons. The highest BCUT2D eigenvalue weighted by molar-refractivity contribution is 9.10. The molecule has 0 amide bonds. The first-order valence-corrected chi connectivity index (χ1v) is 8.76. The van der Waals surface area contributed by atoms with Crippen LogP contribution >= 0.6 is 15.9 Å². The van der Waals surface area contributed by atoms with E-state index in [0.717, 1.165) is 17.0 Å². The van der Waals surface area contributed by atoms with Crippen LogP contribution in [0.25, 0.3) is 0 Å². The van der Waals surface area contributed by atoms with Crippen LogP contribution in [-0.2, 0) is 5.54 Å². The molecule has 1 fully saturated rings. The number of guanidine groups is 1. The minimum Gasteiger partial charge on any atom is -0.370 e. The maximum absolute atomic E-state index is 6.27. The molecule has 0 bridgehead atoms. The van der Waals surface area contributed by atoms with Crippen LogP contribution in [0.5, 0.6) is 0 Å². The summed E-state index contributed by atoms with van der Waals surface area (Å²) in [4.78, 5) is 6.99. The summed E-state index contributed by atoms with van der Waals surface area (Å²) in [5, 5.41) is 0. The van der Waals surface area contributed by atoms with Gasteiger partial charge in [-0.3, -0.25) is 4.99 Å². The first kappa shape index (κ1) is 14.9. The Bertz CT molecular complexity index is 517. The van der Waals surface area contributed by atoms with Gasteiger partial charge in [-0.1, -0.05) is 53.7 Å². The van der Waals surface area contributed by atoms with Crippen molar-refractivity contribution in [3.8, 4) is 0 Å². The first-order valence-electron chi connectivity index (χ1n) is 7.96. The fraction of sp³-hybridized carbons (Fsp3) is 0.588. The molecule has 0 radical (unpaired) electrons. The van der Waals surface area contributed by atoms with Crippen LogP contribution in [-0.4, -0.2) is 23.4 Å². The van der Waals surface area contributed by atoms with Crippen LogP contribution in [0.1, 0.15) is 51.0 Å². The van der Waals surface area contributed by atoms with E-state index in [1.165, 1.54) is 44.1 Å². The molecule has 4 heteroatoms. The molecule has 0 spiro atoms. The fourth-order valence-corrected chi connectivity index (χ4v) is 4.05. The molecular formula is C17H24BrN3. The van der Waals surface area contributed by atoms with E-state index < -0.39 is 0 Å². The van der Waals surface area contributed by atoms with Gasteiger partial charge < -0.3 is 10.6 Å². The van der Waals surface area contributed by atoms with Crippen LogP contribution in [0.4, 0.5) is 0 Å². The molecule has 0 aromatic heterocycles. The van der Waals surface area contributed by atoms with Crippen molar-refractivity contribution in [2.75, 3.05) is 6.54 Å². The summed E-state index contributed by atoms with van der Waals surface area (Å²) >= 11 is 3.52. The smallest absolute Gasteiger partial charge is 0.192 e. The predicted octanol–water partition coefficient (Wildman–Crippen LogP) is 4.02. The van der Waals surface area contributed by atoms with Crippen molar-refractivity contribution in [2.45, 2.75) is 57.0 Å². The van der Waals surface area contributed by atoms with Crippen molar-refractivity contribution >= 4 is 21.9 Å². The van der Waals surface area contributed by atoms with E-state index in [1.54, 1.807) is 0 Å². The summed E-state index contributed by atoms with van der Waals surface area (Å²) in [6, 6.07) is 9.15. The molecule has 1 aromatic rings. The van der Waals surface area contributed by atoms with E-state index in [9.17, 15) is 0 Å². The number of hydrogen-bond acceptors (Lipinski definition) is 3. The zero-order valence-corrected chi connectivity index (χ0v) is 14.3. The Labute approximate surface area is 135 Å². The van der Waals surface area contributed by atoms with Crippen LogP contribution < -0.4 is 5.73 Å². The van der Waals surface area contributed by atoms with Crippen LogP contribution in [0.15, 0.2) is 33.7 Å². The van der Waals surface area contributed by atoms with Crippen molar-refractivity contribution in [2.24, 2.45) is 10.7 Å². The average molecular weight is 350 g/mol. The molecule has 1 atom stereocenters. The molecular weight excluding hydrogens is 326 g/mol. The molecule has 1 aromatic carbocycles. The number of hydrogen-bond donors (Lipinski definition) is 1. The molecule has 1 unspecified atom stereocenters. The SMILES string of the molecule is CC1(c2ccc(Br)cc2)CN=C(N)N1C1CCCCCC1. The van der Waals surface area contributed by atoms with Gasteiger partial charge in [-0.15, -0.1) is 0 Å². The van der Waals surface area contributed by atoms with Gasteiger partial charge in [0.05, 0.1) is 12.1 Å². The van der Waals surface area contributed by atoms with E-state index in [1.807, 2.05) is 0 Å². The quantitative estimate of drug-likeness (QED) is 0.819. The van der Waals surface area contributed by atoms with Gasteiger partial charge in [0.25, 0.3) is 0 Å². The maximum atomic E-state index is 6.27. The molecule has 1 aliphatic carbocycles. The van der Waals surface area contributed by atoms with E-state index in [0.29, 0.717) is 6.04 Å². The van der Waals surface area contributed by atoms with Crippen molar-refractivity contribution in [3.63, 3.8) is 0 Å². The van der Waals surface area contributed by atoms with Crippen molar-refractivity contribution in [1.29, 1.82) is 0 Å². The van der Waals surface area contributed by atoms with Gasteiger partial charge in [-0.25, -0.2) is 0 Å². The zero-order valence-electron chi connectivity index (χ0n) is 12.7. The Balaban J connectivity index is 1.91. The predicted molar refractivity (Wildman–Crippen MR) is 91.3 cm³/mol. The van der Waals surface area contributed by atoms with Gasteiger partial charge in [0.1, 0.15) is 0 Å². The first-order chi connectivity index (χ1) is 10.1. The second kappa shape index (κ2) is 5.99. The Hall–Kier alpha value is -1.03. The highest BCUT2D eigenvalue weighted by Crippen LogP contribution is 2.38. The zero-order chi connectivity index (χ0) is 14.9. The molecule has 1 aliphatic heterocycles. The Morgan fingerprint density at radius 3 is 2.38 bits per heavy atom. The lowest BCUT2D eigenvalue weighted by molar-refractivity contribution is 0.152. The largest absolute Gasteiger partial charge is 0.370 e. The molecule has 3 nitrogen and oxygen atoms in total. The van der Waals surface area contributed by atoms with Gasteiger partial charge in [0.2, 0.25) is 0 Å². The number of rotatable bonds is 2. The molecule has 2 aliphatic rings. The van der Waals surface area contributed by atoms with Crippen molar-refractivity contribution in [3.05, 3.63) is 34.3 Å². The minimum atomic E-state index is -0.0974. The van der Waals surface area contributed by atoms with Gasteiger partial charge in [-0.05, 0) is 37.5 Å². The lowest BCUT2D eigenvalue weighted by Gasteiger charge is -2.42. The number of benzene rings is 1. The molecule has 0 saturated heterocycles. The number of aliphatic imine (C=N–C) groups is 1. The fourth-order valence-electron chi connectivity index (χ4n) is 3.79. The third-order valence-corrected chi connectivity index (χ3v) is 5.51. The van der Waals surface area contributed by atoms with Crippen LogP contribution in [0.3, 0.4) is 0 Å². The Kier molecular flexibility index (Phi) is 4.25. The minimum absolute atomic E-state index is 0.0974. The van der Waals surface area contributed by atoms with Gasteiger partial charge in [0.15, 0.2) is 5.96 Å². The lowest BCUT2D eigenvalue weighted by atomic mass is 9.88. The second-order valence-electron chi connectivity index (χ2n) is 6.47. The molecule has 2 N–H and O–H groups in total. The Morgan fingerprint density at radius 1 is 1.14 bits per heavy atom.